The second kappa shape index (κ2) is 10.5. The number of para-hydroxylation sites is 1. The predicted octanol–water partition coefficient (Wildman–Crippen LogP) is 7.42. The van der Waals surface area contributed by atoms with E-state index in [0.29, 0.717) is 6.42 Å². The number of carbonyl (C=O) groups is 1. The van der Waals surface area contributed by atoms with Crippen molar-refractivity contribution in [3.8, 4) is 11.1 Å². The fraction of sp³-hybridized carbons (Fsp3) is 0.161. The number of hydrogen-bond donors (Lipinski definition) is 3. The lowest BCUT2D eigenvalue weighted by atomic mass is 9.99. The second-order valence-electron chi connectivity index (χ2n) is 9.07. The van der Waals surface area contributed by atoms with Gasteiger partial charge in [0.25, 0.3) is 0 Å². The van der Waals surface area contributed by atoms with Gasteiger partial charge in [0, 0.05) is 39.7 Å². The number of H-pyrrole nitrogens is 1. The molecule has 2 heterocycles. The molecule has 0 fully saturated rings. The van der Waals surface area contributed by atoms with Crippen LogP contribution in [0.15, 0.2) is 91.3 Å². The molecule has 0 atom stereocenters. The van der Waals surface area contributed by atoms with E-state index in [0.717, 1.165) is 63.2 Å². The van der Waals surface area contributed by atoms with Crippen molar-refractivity contribution >= 4 is 33.9 Å². The van der Waals surface area contributed by atoms with Gasteiger partial charge in [0.2, 0.25) is 5.91 Å². The molecule has 5 aromatic rings. The van der Waals surface area contributed by atoms with Crippen LogP contribution in [0.1, 0.15) is 30.2 Å². The number of nitrogens with zero attached hydrogens (tertiary/aromatic N) is 1. The highest BCUT2D eigenvalue weighted by atomic mass is 16.1. The Bertz CT molecular complexity index is 1490. The van der Waals surface area contributed by atoms with Crippen LogP contribution < -0.4 is 10.6 Å². The maximum Gasteiger partial charge on any atom is 0.228 e. The molecule has 5 heteroatoms. The van der Waals surface area contributed by atoms with E-state index in [-0.39, 0.29) is 5.91 Å². The number of fused-ring (bicyclic) bond motifs is 1. The highest BCUT2D eigenvalue weighted by Crippen LogP contribution is 2.33. The van der Waals surface area contributed by atoms with Gasteiger partial charge in [-0.25, -0.2) is 0 Å². The van der Waals surface area contributed by atoms with E-state index in [9.17, 15) is 4.79 Å². The Kier molecular flexibility index (Phi) is 6.80. The molecule has 0 aliphatic rings. The molecule has 0 aliphatic carbocycles. The zero-order chi connectivity index (χ0) is 24.9. The quantitative estimate of drug-likeness (QED) is 0.219. The summed E-state index contributed by atoms with van der Waals surface area (Å²) in [5, 5.41) is 7.68. The smallest absolute Gasteiger partial charge is 0.228 e. The minimum atomic E-state index is -0.0416. The molecule has 0 bridgehead atoms. The molecular weight excluding hydrogens is 444 g/mol. The van der Waals surface area contributed by atoms with Crippen LogP contribution in [0.2, 0.25) is 0 Å². The van der Waals surface area contributed by atoms with Gasteiger partial charge in [-0.2, -0.15) is 0 Å². The number of amides is 1. The minimum absolute atomic E-state index is 0.0416. The van der Waals surface area contributed by atoms with E-state index in [4.69, 9.17) is 0 Å². The number of pyridine rings is 1. The van der Waals surface area contributed by atoms with Gasteiger partial charge in [-0.3, -0.25) is 9.78 Å². The van der Waals surface area contributed by atoms with Crippen LogP contribution in [0.3, 0.4) is 0 Å². The Morgan fingerprint density at radius 2 is 1.78 bits per heavy atom. The third kappa shape index (κ3) is 5.15. The fourth-order valence-electron chi connectivity index (χ4n) is 4.63. The summed E-state index contributed by atoms with van der Waals surface area (Å²) < 4.78 is 0. The molecule has 3 N–H and O–H groups in total. The molecule has 180 valence electrons. The number of benzene rings is 3. The molecule has 5 rings (SSSR count). The number of nitrogens with one attached hydrogen (secondary N) is 3. The first kappa shape index (κ1) is 23.4. The molecule has 0 radical (unpaired) electrons. The van der Waals surface area contributed by atoms with Crippen LogP contribution in [0.5, 0.6) is 0 Å². The van der Waals surface area contributed by atoms with Gasteiger partial charge in [0.05, 0.1) is 18.3 Å². The first-order chi connectivity index (χ1) is 17.6. The van der Waals surface area contributed by atoms with Gasteiger partial charge >= 0.3 is 0 Å². The molecule has 3 aromatic carbocycles. The molecular formula is C31H30N4O. The number of anilines is 3. The van der Waals surface area contributed by atoms with Crippen molar-refractivity contribution in [2.45, 2.75) is 33.1 Å². The molecule has 5 nitrogen and oxygen atoms in total. The summed E-state index contributed by atoms with van der Waals surface area (Å²) >= 11 is 0. The Morgan fingerprint density at radius 1 is 0.944 bits per heavy atom. The molecule has 0 aliphatic heterocycles. The summed E-state index contributed by atoms with van der Waals surface area (Å²) in [7, 11) is 0. The summed E-state index contributed by atoms with van der Waals surface area (Å²) in [5.74, 6) is -0.0416. The zero-order valence-corrected chi connectivity index (χ0v) is 20.6. The largest absolute Gasteiger partial charge is 0.358 e. The van der Waals surface area contributed by atoms with E-state index in [1.165, 1.54) is 5.56 Å². The maximum atomic E-state index is 13.1. The van der Waals surface area contributed by atoms with Crippen molar-refractivity contribution < 1.29 is 4.79 Å². The Labute approximate surface area is 211 Å². The van der Waals surface area contributed by atoms with Crippen LogP contribution in [-0.4, -0.2) is 15.9 Å². The van der Waals surface area contributed by atoms with Crippen LogP contribution in [0, 0.1) is 6.92 Å². The van der Waals surface area contributed by atoms with Gasteiger partial charge in [-0.05, 0) is 66.4 Å². The molecule has 2 aromatic heterocycles. The molecule has 0 saturated carbocycles. The van der Waals surface area contributed by atoms with Gasteiger partial charge in [0.15, 0.2) is 0 Å². The first-order valence-corrected chi connectivity index (χ1v) is 12.4. The van der Waals surface area contributed by atoms with E-state index in [2.05, 4.69) is 57.9 Å². The number of carbonyl (C=O) groups excluding carboxylic acids is 1. The van der Waals surface area contributed by atoms with Crippen LogP contribution >= 0.6 is 0 Å². The Hall–Kier alpha value is -4.38. The zero-order valence-electron chi connectivity index (χ0n) is 20.6. The molecule has 0 saturated heterocycles. The number of aryl methyl sites for hydroxylation is 2. The van der Waals surface area contributed by atoms with Crippen molar-refractivity contribution in [3.05, 3.63) is 108 Å². The molecule has 1 amide bonds. The van der Waals surface area contributed by atoms with E-state index in [1.807, 2.05) is 55.5 Å². The summed E-state index contributed by atoms with van der Waals surface area (Å²) in [6.07, 6.45) is 6.04. The molecule has 0 unspecified atom stereocenters. The van der Waals surface area contributed by atoms with Gasteiger partial charge in [0.1, 0.15) is 0 Å². The average Bonchev–Trinajstić information content (AvgIpc) is 3.21. The monoisotopic (exact) mass is 474 g/mol. The van der Waals surface area contributed by atoms with Gasteiger partial charge < -0.3 is 15.6 Å². The van der Waals surface area contributed by atoms with Crippen molar-refractivity contribution in [1.82, 2.24) is 9.97 Å². The fourth-order valence-corrected chi connectivity index (χ4v) is 4.63. The molecule has 0 spiro atoms. The van der Waals surface area contributed by atoms with Crippen molar-refractivity contribution in [2.75, 3.05) is 10.6 Å². The summed E-state index contributed by atoms with van der Waals surface area (Å²) in [6.45, 7) is 4.20. The first-order valence-electron chi connectivity index (χ1n) is 12.4. The van der Waals surface area contributed by atoms with Crippen molar-refractivity contribution in [2.24, 2.45) is 0 Å². The number of aromatic nitrogens is 2. The highest BCUT2D eigenvalue weighted by Gasteiger charge is 2.14. The van der Waals surface area contributed by atoms with Crippen molar-refractivity contribution in [1.29, 1.82) is 0 Å². The Balaban J connectivity index is 1.43. The molecule has 36 heavy (non-hydrogen) atoms. The van der Waals surface area contributed by atoms with Crippen LogP contribution in [-0.2, 0) is 17.6 Å². The lowest BCUT2D eigenvalue weighted by molar-refractivity contribution is -0.115. The van der Waals surface area contributed by atoms with E-state index < -0.39 is 0 Å². The third-order valence-corrected chi connectivity index (χ3v) is 6.41. The topological polar surface area (TPSA) is 69.8 Å². The highest BCUT2D eigenvalue weighted by molar-refractivity contribution is 5.97. The normalized spacial score (nSPS) is 10.9. The van der Waals surface area contributed by atoms with E-state index >= 15 is 0 Å². The average molecular weight is 475 g/mol. The van der Waals surface area contributed by atoms with E-state index in [1.54, 1.807) is 12.4 Å². The second-order valence-corrected chi connectivity index (χ2v) is 9.07. The summed E-state index contributed by atoms with van der Waals surface area (Å²) in [6, 6.07) is 26.6. The van der Waals surface area contributed by atoms with Crippen LogP contribution in [0.25, 0.3) is 22.0 Å². The summed E-state index contributed by atoms with van der Waals surface area (Å²) in [4.78, 5) is 20.7. The van der Waals surface area contributed by atoms with Crippen molar-refractivity contribution in [3.63, 3.8) is 0 Å². The number of hydrogen-bond acceptors (Lipinski definition) is 3. The van der Waals surface area contributed by atoms with Crippen LogP contribution in [0.4, 0.5) is 17.1 Å². The third-order valence-electron chi connectivity index (χ3n) is 6.41. The predicted molar refractivity (Wildman–Crippen MR) is 149 cm³/mol. The van der Waals surface area contributed by atoms with Gasteiger partial charge in [-0.1, -0.05) is 55.8 Å². The SMILES string of the molecule is CCCc1ccc(-c2cc(NC(=O)Cc3c(C)[nH]c4ccccc34)ccc2Nc2cccnc2)cc1. The van der Waals surface area contributed by atoms with Gasteiger partial charge in [-0.15, -0.1) is 0 Å². The number of aromatic amines is 1. The minimum Gasteiger partial charge on any atom is -0.358 e. The summed E-state index contributed by atoms with van der Waals surface area (Å²) in [5.41, 5.74) is 9.17. The Morgan fingerprint density at radius 3 is 2.56 bits per heavy atom. The number of rotatable bonds is 8. The standard InChI is InChI=1S/C31H30N4O/c1-3-7-22-11-13-23(14-12-22)28-18-24(15-16-30(28)34-25-8-6-17-32-20-25)35-31(36)19-27-21(2)33-29-10-5-4-9-26(27)29/h4-6,8-18,20,33-34H,3,7,19H2,1-2H3,(H,35,36). The lowest BCUT2D eigenvalue weighted by Crippen LogP contribution is -2.15. The lowest BCUT2D eigenvalue weighted by Gasteiger charge is -2.15. The maximum absolute atomic E-state index is 13.1.